The molecule has 0 amide bonds. The summed E-state index contributed by atoms with van der Waals surface area (Å²) in [6.45, 7) is 0. The van der Waals surface area contributed by atoms with Gasteiger partial charge in [0, 0.05) is 19.4 Å². The second kappa shape index (κ2) is 3.17. The van der Waals surface area contributed by atoms with E-state index >= 15 is 0 Å². The Kier molecular flexibility index (Phi) is 2.48. The van der Waals surface area contributed by atoms with Gasteiger partial charge >= 0.3 is 0 Å². The molecule has 0 aliphatic rings. The van der Waals surface area contributed by atoms with Gasteiger partial charge in [-0.25, -0.2) is 4.98 Å². The van der Waals surface area contributed by atoms with Crippen LogP contribution in [0.4, 0.5) is 0 Å². The summed E-state index contributed by atoms with van der Waals surface area (Å²) in [4.78, 5) is 4.11. The fourth-order valence-corrected chi connectivity index (χ4v) is 1.87. The highest BCUT2D eigenvalue weighted by Gasteiger charge is 1.95. The largest absolute Gasteiger partial charge is 0.328 e. The van der Waals surface area contributed by atoms with Gasteiger partial charge < -0.3 is 4.57 Å². The Morgan fingerprint density at radius 3 is 2.89 bits per heavy atom. The lowest BCUT2D eigenvalue weighted by molar-refractivity contribution is 0.793. The first-order valence-corrected chi connectivity index (χ1v) is 5.08. The fourth-order valence-electron chi connectivity index (χ4n) is 0.507. The molecule has 0 aliphatic heterocycles. The molecule has 0 aromatic carbocycles. The molecule has 1 rings (SSSR count). The molecular weight excluding hydrogens is 152 g/mol. The van der Waals surface area contributed by atoms with Crippen LogP contribution in [-0.2, 0) is 7.05 Å². The molecule has 2 nitrogen and oxygen atoms in total. The molecule has 0 bridgehead atoms. The molecule has 1 heterocycles. The van der Waals surface area contributed by atoms with Gasteiger partial charge in [-0.3, -0.25) is 0 Å². The first-order valence-electron chi connectivity index (χ1n) is 2.52. The molecular formula is C5H8N2S2. The molecule has 1 aromatic rings. The van der Waals surface area contributed by atoms with Gasteiger partial charge in [0.1, 0.15) is 0 Å². The minimum atomic E-state index is 1.06. The molecule has 50 valence electrons. The van der Waals surface area contributed by atoms with Gasteiger partial charge in [-0.15, -0.1) is 0 Å². The molecule has 1 aromatic heterocycles. The van der Waals surface area contributed by atoms with Gasteiger partial charge in [0.25, 0.3) is 0 Å². The second-order valence-electron chi connectivity index (χ2n) is 1.57. The van der Waals surface area contributed by atoms with Crippen LogP contribution in [-0.4, -0.2) is 15.8 Å². The summed E-state index contributed by atoms with van der Waals surface area (Å²) in [5.74, 6) is 0. The zero-order valence-electron chi connectivity index (χ0n) is 5.37. The van der Waals surface area contributed by atoms with Crippen molar-refractivity contribution in [3.05, 3.63) is 12.4 Å². The van der Waals surface area contributed by atoms with Gasteiger partial charge in [0.05, 0.1) is 0 Å². The molecule has 0 unspecified atom stereocenters. The predicted molar refractivity (Wildman–Crippen MR) is 42.6 cm³/mol. The van der Waals surface area contributed by atoms with Crippen LogP contribution in [0.3, 0.4) is 0 Å². The quantitative estimate of drug-likeness (QED) is 0.614. The lowest BCUT2D eigenvalue weighted by Crippen LogP contribution is -1.85. The topological polar surface area (TPSA) is 17.8 Å². The van der Waals surface area contributed by atoms with Crippen molar-refractivity contribution in [2.75, 3.05) is 6.26 Å². The van der Waals surface area contributed by atoms with Crippen molar-refractivity contribution in [1.82, 2.24) is 9.55 Å². The van der Waals surface area contributed by atoms with Crippen molar-refractivity contribution in [2.24, 2.45) is 7.05 Å². The summed E-state index contributed by atoms with van der Waals surface area (Å²) in [5.41, 5.74) is 0. The number of hydrogen-bond donors (Lipinski definition) is 0. The van der Waals surface area contributed by atoms with Crippen molar-refractivity contribution < 1.29 is 0 Å². The Bertz CT molecular complexity index is 185. The maximum Gasteiger partial charge on any atom is 0.178 e. The van der Waals surface area contributed by atoms with Gasteiger partial charge in [0.2, 0.25) is 0 Å². The average molecular weight is 160 g/mol. The van der Waals surface area contributed by atoms with Crippen LogP contribution in [0.25, 0.3) is 0 Å². The van der Waals surface area contributed by atoms with Crippen LogP contribution in [0.5, 0.6) is 0 Å². The number of rotatable bonds is 2. The van der Waals surface area contributed by atoms with E-state index in [1.807, 2.05) is 24.1 Å². The van der Waals surface area contributed by atoms with E-state index in [4.69, 9.17) is 0 Å². The van der Waals surface area contributed by atoms with E-state index in [1.54, 1.807) is 27.8 Å². The maximum atomic E-state index is 4.11. The Balaban J connectivity index is 2.69. The highest BCUT2D eigenvalue weighted by molar-refractivity contribution is 8.76. The van der Waals surface area contributed by atoms with Crippen LogP contribution in [0.15, 0.2) is 17.6 Å². The molecule has 0 fully saturated rings. The number of hydrogen-bond acceptors (Lipinski definition) is 3. The smallest absolute Gasteiger partial charge is 0.178 e. The van der Waals surface area contributed by atoms with Crippen molar-refractivity contribution in [3.63, 3.8) is 0 Å². The molecule has 0 saturated carbocycles. The van der Waals surface area contributed by atoms with Crippen molar-refractivity contribution in [1.29, 1.82) is 0 Å². The van der Waals surface area contributed by atoms with E-state index in [9.17, 15) is 0 Å². The first kappa shape index (κ1) is 7.02. The van der Waals surface area contributed by atoms with E-state index < -0.39 is 0 Å². The Hall–Kier alpha value is -0.0900. The molecule has 0 saturated heterocycles. The fraction of sp³-hybridized carbons (Fsp3) is 0.400. The van der Waals surface area contributed by atoms with Crippen LogP contribution in [0.1, 0.15) is 0 Å². The summed E-state index contributed by atoms with van der Waals surface area (Å²) in [6, 6.07) is 0. The van der Waals surface area contributed by atoms with Crippen molar-refractivity contribution >= 4 is 21.6 Å². The Labute approximate surface area is 62.4 Å². The van der Waals surface area contributed by atoms with Crippen molar-refractivity contribution in [3.8, 4) is 0 Å². The number of imidazole rings is 1. The van der Waals surface area contributed by atoms with Gasteiger partial charge in [-0.05, 0) is 17.0 Å². The zero-order chi connectivity index (χ0) is 6.69. The molecule has 9 heavy (non-hydrogen) atoms. The van der Waals surface area contributed by atoms with E-state index in [1.165, 1.54) is 0 Å². The van der Waals surface area contributed by atoms with Crippen LogP contribution in [0, 0.1) is 0 Å². The van der Waals surface area contributed by atoms with Gasteiger partial charge in [0.15, 0.2) is 5.16 Å². The van der Waals surface area contributed by atoms with E-state index in [2.05, 4.69) is 4.98 Å². The number of aromatic nitrogens is 2. The SMILES string of the molecule is CSSc1nccn1C. The molecule has 4 heteroatoms. The normalized spacial score (nSPS) is 10.0. The second-order valence-corrected chi connectivity index (χ2v) is 3.94. The van der Waals surface area contributed by atoms with E-state index in [0.717, 1.165) is 5.16 Å². The van der Waals surface area contributed by atoms with Crippen LogP contribution in [0.2, 0.25) is 0 Å². The minimum Gasteiger partial charge on any atom is -0.328 e. The third-order valence-electron chi connectivity index (χ3n) is 0.935. The van der Waals surface area contributed by atoms with Crippen LogP contribution < -0.4 is 0 Å². The van der Waals surface area contributed by atoms with E-state index in [0.29, 0.717) is 0 Å². The third-order valence-corrected chi connectivity index (χ3v) is 2.59. The standard InChI is InChI=1S/C5H8N2S2/c1-7-4-3-6-5(7)9-8-2/h3-4H,1-2H3. The van der Waals surface area contributed by atoms with Gasteiger partial charge in [-0.2, -0.15) is 0 Å². The Morgan fingerprint density at radius 2 is 2.44 bits per heavy atom. The summed E-state index contributed by atoms with van der Waals surface area (Å²) < 4.78 is 2.00. The highest BCUT2D eigenvalue weighted by Crippen LogP contribution is 2.25. The minimum absolute atomic E-state index is 1.06. The summed E-state index contributed by atoms with van der Waals surface area (Å²) in [7, 11) is 5.38. The Morgan fingerprint density at radius 1 is 1.67 bits per heavy atom. The molecule has 0 spiro atoms. The van der Waals surface area contributed by atoms with Crippen molar-refractivity contribution in [2.45, 2.75) is 5.16 Å². The monoisotopic (exact) mass is 160 g/mol. The summed E-state index contributed by atoms with van der Waals surface area (Å²) in [6.07, 6.45) is 5.79. The average Bonchev–Trinajstić information content (AvgIpc) is 2.18. The number of nitrogens with zero attached hydrogens (tertiary/aromatic N) is 2. The summed E-state index contributed by atoms with van der Waals surface area (Å²) in [5, 5.41) is 1.06. The third kappa shape index (κ3) is 1.66. The summed E-state index contributed by atoms with van der Waals surface area (Å²) >= 11 is 0. The van der Waals surface area contributed by atoms with E-state index in [-0.39, 0.29) is 0 Å². The first-order chi connectivity index (χ1) is 4.34. The molecule has 0 aliphatic carbocycles. The molecule has 0 radical (unpaired) electrons. The van der Waals surface area contributed by atoms with Gasteiger partial charge in [-0.1, -0.05) is 10.8 Å². The maximum absolute atomic E-state index is 4.11. The predicted octanol–water partition coefficient (Wildman–Crippen LogP) is 1.79. The molecule has 0 atom stereocenters. The lowest BCUT2D eigenvalue weighted by Gasteiger charge is -1.94. The highest BCUT2D eigenvalue weighted by atomic mass is 33.1. The van der Waals surface area contributed by atoms with Crippen LogP contribution >= 0.6 is 21.6 Å². The molecule has 0 N–H and O–H groups in total. The zero-order valence-corrected chi connectivity index (χ0v) is 7.00. The number of aryl methyl sites for hydroxylation is 1. The lowest BCUT2D eigenvalue weighted by atomic mass is 10.9.